The highest BCUT2D eigenvalue weighted by atomic mass is 15.3. The summed E-state index contributed by atoms with van der Waals surface area (Å²) < 4.78 is 1.99. The quantitative estimate of drug-likeness (QED) is 0.890. The average molecular weight is 340 g/mol. The minimum Gasteiger partial charge on any atom is -0.328 e. The van der Waals surface area contributed by atoms with E-state index >= 15 is 0 Å². The standard InChI is InChI=1S/C19H28N6/c1-25-17(11-13-3-2-4-13)15(12-23-25)16-7-10-22-18(24-16)19(21)8-5-14(20)6-9-19/h7,10,12-14H,2-6,8-9,11,20-21H2,1H3. The van der Waals surface area contributed by atoms with E-state index in [1.807, 2.05) is 30.2 Å². The van der Waals surface area contributed by atoms with Gasteiger partial charge in [-0.25, -0.2) is 9.97 Å². The molecule has 4 rings (SSSR count). The molecule has 25 heavy (non-hydrogen) atoms. The van der Waals surface area contributed by atoms with Gasteiger partial charge in [-0.15, -0.1) is 0 Å². The van der Waals surface area contributed by atoms with Crippen LogP contribution in [-0.4, -0.2) is 25.8 Å². The zero-order valence-electron chi connectivity index (χ0n) is 15.0. The van der Waals surface area contributed by atoms with Crippen LogP contribution in [0.25, 0.3) is 11.3 Å². The first-order chi connectivity index (χ1) is 12.0. The van der Waals surface area contributed by atoms with Crippen molar-refractivity contribution in [2.75, 3.05) is 0 Å². The van der Waals surface area contributed by atoms with Crippen molar-refractivity contribution in [1.82, 2.24) is 19.7 Å². The molecule has 0 radical (unpaired) electrons. The Labute approximate surface area is 149 Å². The second-order valence-corrected chi connectivity index (χ2v) is 7.89. The van der Waals surface area contributed by atoms with Gasteiger partial charge in [0.25, 0.3) is 0 Å². The summed E-state index contributed by atoms with van der Waals surface area (Å²) in [5.74, 6) is 1.53. The van der Waals surface area contributed by atoms with Crippen LogP contribution < -0.4 is 11.5 Å². The predicted octanol–water partition coefficient (Wildman–Crippen LogP) is 2.27. The van der Waals surface area contributed by atoms with Crippen LogP contribution in [0.15, 0.2) is 18.5 Å². The maximum atomic E-state index is 6.64. The lowest BCUT2D eigenvalue weighted by Gasteiger charge is -2.34. The molecular formula is C19H28N6. The highest BCUT2D eigenvalue weighted by molar-refractivity contribution is 5.61. The first kappa shape index (κ1) is 16.7. The summed E-state index contributed by atoms with van der Waals surface area (Å²) in [4.78, 5) is 9.36. The van der Waals surface area contributed by atoms with E-state index < -0.39 is 5.54 Å². The summed E-state index contributed by atoms with van der Waals surface area (Å²) in [6.07, 6.45) is 12.4. The fourth-order valence-electron chi connectivity index (χ4n) is 4.02. The van der Waals surface area contributed by atoms with Gasteiger partial charge in [0.15, 0.2) is 0 Å². The molecule has 0 saturated heterocycles. The summed E-state index contributed by atoms with van der Waals surface area (Å²) in [6.45, 7) is 0. The molecule has 0 bridgehead atoms. The van der Waals surface area contributed by atoms with E-state index in [1.165, 1.54) is 25.0 Å². The molecule has 0 spiro atoms. The SMILES string of the molecule is Cn1ncc(-c2ccnc(C3(N)CCC(N)CC3)n2)c1CC1CCC1. The van der Waals surface area contributed by atoms with E-state index in [1.54, 1.807) is 0 Å². The number of hydrogen-bond donors (Lipinski definition) is 2. The maximum absolute atomic E-state index is 6.64. The average Bonchev–Trinajstić information content (AvgIpc) is 2.95. The summed E-state index contributed by atoms with van der Waals surface area (Å²) in [5.41, 5.74) is 15.5. The topological polar surface area (TPSA) is 95.6 Å². The molecule has 6 nitrogen and oxygen atoms in total. The van der Waals surface area contributed by atoms with Crippen molar-refractivity contribution in [3.8, 4) is 11.3 Å². The van der Waals surface area contributed by atoms with Gasteiger partial charge in [-0.3, -0.25) is 4.68 Å². The minimum absolute atomic E-state index is 0.257. The lowest BCUT2D eigenvalue weighted by Crippen LogP contribution is -2.44. The Bertz CT molecular complexity index is 740. The summed E-state index contributed by atoms with van der Waals surface area (Å²) in [5, 5.41) is 4.48. The third-order valence-electron chi connectivity index (χ3n) is 6.07. The molecular weight excluding hydrogens is 312 g/mol. The third kappa shape index (κ3) is 3.20. The molecule has 2 fully saturated rings. The number of rotatable bonds is 4. The van der Waals surface area contributed by atoms with Gasteiger partial charge < -0.3 is 11.5 Å². The minimum atomic E-state index is -0.456. The van der Waals surface area contributed by atoms with Crippen molar-refractivity contribution >= 4 is 0 Å². The zero-order chi connectivity index (χ0) is 17.4. The van der Waals surface area contributed by atoms with E-state index in [2.05, 4.69) is 10.1 Å². The molecule has 0 unspecified atom stereocenters. The van der Waals surface area contributed by atoms with Crippen LogP contribution in [0.1, 0.15) is 56.5 Å². The summed E-state index contributed by atoms with van der Waals surface area (Å²) >= 11 is 0. The van der Waals surface area contributed by atoms with Gasteiger partial charge in [-0.05, 0) is 44.1 Å². The van der Waals surface area contributed by atoms with Crippen molar-refractivity contribution in [3.05, 3.63) is 30.0 Å². The zero-order valence-corrected chi connectivity index (χ0v) is 15.0. The third-order valence-corrected chi connectivity index (χ3v) is 6.07. The Morgan fingerprint density at radius 1 is 1.24 bits per heavy atom. The number of hydrogen-bond acceptors (Lipinski definition) is 5. The Morgan fingerprint density at radius 2 is 2.00 bits per heavy atom. The molecule has 0 atom stereocenters. The molecule has 4 N–H and O–H groups in total. The molecule has 2 aliphatic rings. The second-order valence-electron chi connectivity index (χ2n) is 7.89. The van der Waals surface area contributed by atoms with E-state index in [9.17, 15) is 0 Å². The summed E-state index contributed by atoms with van der Waals surface area (Å²) in [7, 11) is 2.02. The highest BCUT2D eigenvalue weighted by Crippen LogP contribution is 2.35. The molecule has 0 aliphatic heterocycles. The van der Waals surface area contributed by atoms with Crippen molar-refractivity contribution in [2.24, 2.45) is 24.4 Å². The Balaban J connectivity index is 1.64. The van der Waals surface area contributed by atoms with Gasteiger partial charge >= 0.3 is 0 Å². The van der Waals surface area contributed by atoms with Crippen molar-refractivity contribution in [1.29, 1.82) is 0 Å². The molecule has 2 heterocycles. The first-order valence-corrected chi connectivity index (χ1v) is 9.44. The number of nitrogens with two attached hydrogens (primary N) is 2. The molecule has 2 aromatic rings. The van der Waals surface area contributed by atoms with Crippen LogP contribution in [0, 0.1) is 5.92 Å². The smallest absolute Gasteiger partial charge is 0.148 e. The van der Waals surface area contributed by atoms with Crippen LogP contribution in [0.5, 0.6) is 0 Å². The Hall–Kier alpha value is -1.79. The maximum Gasteiger partial charge on any atom is 0.148 e. The molecule has 0 amide bonds. The lowest BCUT2D eigenvalue weighted by atomic mass is 9.79. The van der Waals surface area contributed by atoms with Crippen molar-refractivity contribution in [2.45, 2.75) is 62.9 Å². The molecule has 2 saturated carbocycles. The number of nitrogens with zero attached hydrogens (tertiary/aromatic N) is 4. The largest absolute Gasteiger partial charge is 0.328 e. The molecule has 134 valence electrons. The van der Waals surface area contributed by atoms with E-state index in [-0.39, 0.29) is 6.04 Å². The molecule has 2 aliphatic carbocycles. The van der Waals surface area contributed by atoms with Crippen LogP contribution in [0.3, 0.4) is 0 Å². The van der Waals surface area contributed by atoms with Gasteiger partial charge in [0.1, 0.15) is 5.82 Å². The van der Waals surface area contributed by atoms with E-state index in [0.29, 0.717) is 0 Å². The number of aromatic nitrogens is 4. The van der Waals surface area contributed by atoms with Gasteiger partial charge in [-0.1, -0.05) is 19.3 Å². The van der Waals surface area contributed by atoms with Crippen LogP contribution in [0.4, 0.5) is 0 Å². The second kappa shape index (κ2) is 6.50. The monoisotopic (exact) mass is 340 g/mol. The van der Waals surface area contributed by atoms with Gasteiger partial charge in [0.05, 0.1) is 17.4 Å². The van der Waals surface area contributed by atoms with Crippen LogP contribution in [0.2, 0.25) is 0 Å². The van der Waals surface area contributed by atoms with Crippen LogP contribution in [-0.2, 0) is 19.0 Å². The Kier molecular flexibility index (Phi) is 4.33. The molecule has 6 heteroatoms. The van der Waals surface area contributed by atoms with Crippen LogP contribution >= 0.6 is 0 Å². The number of aryl methyl sites for hydroxylation is 1. The Morgan fingerprint density at radius 3 is 2.68 bits per heavy atom. The van der Waals surface area contributed by atoms with Crippen molar-refractivity contribution in [3.63, 3.8) is 0 Å². The fourth-order valence-corrected chi connectivity index (χ4v) is 4.02. The highest BCUT2D eigenvalue weighted by Gasteiger charge is 2.35. The van der Waals surface area contributed by atoms with Crippen molar-refractivity contribution < 1.29 is 0 Å². The van der Waals surface area contributed by atoms with Gasteiger partial charge in [-0.2, -0.15) is 5.10 Å². The van der Waals surface area contributed by atoms with Gasteiger partial charge in [0.2, 0.25) is 0 Å². The fraction of sp³-hybridized carbons (Fsp3) is 0.632. The predicted molar refractivity (Wildman–Crippen MR) is 97.6 cm³/mol. The molecule has 0 aromatic carbocycles. The summed E-state index contributed by atoms with van der Waals surface area (Å²) in [6, 6.07) is 2.23. The van der Waals surface area contributed by atoms with Gasteiger partial charge in [0, 0.05) is 30.5 Å². The van der Waals surface area contributed by atoms with E-state index in [0.717, 1.165) is 55.1 Å². The first-order valence-electron chi connectivity index (χ1n) is 9.44. The van der Waals surface area contributed by atoms with E-state index in [4.69, 9.17) is 16.5 Å². The lowest BCUT2D eigenvalue weighted by molar-refractivity contribution is 0.264. The molecule has 2 aromatic heterocycles. The normalized spacial score (nSPS) is 27.2.